The monoisotopic (exact) mass is 365 g/mol. The summed E-state index contributed by atoms with van der Waals surface area (Å²) < 4.78 is 11.2. The highest BCUT2D eigenvalue weighted by Crippen LogP contribution is 2.70. The average molecular weight is 365 g/mol. The van der Waals surface area contributed by atoms with Crippen LogP contribution in [0.5, 0.6) is 5.75 Å². The molecule has 1 aliphatic heterocycles. The lowest BCUT2D eigenvalue weighted by Gasteiger charge is -2.38. The molecule has 4 N–H and O–H groups in total. The Kier molecular flexibility index (Phi) is 4.64. The Labute approximate surface area is 150 Å². The third-order valence-corrected chi connectivity index (χ3v) is 5.78. The Morgan fingerprint density at radius 3 is 2.46 bits per heavy atom. The zero-order chi connectivity index (χ0) is 19.2. The number of nitrogens with zero attached hydrogens (tertiary/aromatic N) is 3. The van der Waals surface area contributed by atoms with Crippen molar-refractivity contribution >= 4 is 0 Å². The first kappa shape index (κ1) is 18.9. The van der Waals surface area contributed by atoms with Crippen LogP contribution < -0.4 is 4.74 Å². The van der Waals surface area contributed by atoms with Gasteiger partial charge in [-0.3, -0.25) is 0 Å². The summed E-state index contributed by atoms with van der Waals surface area (Å²) in [6.45, 7) is 3.03. The molecule has 1 aromatic carbocycles. The number of benzene rings is 1. The van der Waals surface area contributed by atoms with Crippen LogP contribution in [0.25, 0.3) is 10.4 Å². The van der Waals surface area contributed by atoms with Gasteiger partial charge in [0.2, 0.25) is 6.29 Å². The van der Waals surface area contributed by atoms with Crippen molar-refractivity contribution in [1.29, 1.82) is 0 Å². The number of hydrogen-bond acceptors (Lipinski definition) is 7. The van der Waals surface area contributed by atoms with Crippen molar-refractivity contribution in [3.63, 3.8) is 0 Å². The highest BCUT2D eigenvalue weighted by Gasteiger charge is 2.91. The van der Waals surface area contributed by atoms with Gasteiger partial charge in [-0.05, 0) is 29.6 Å². The maximum absolute atomic E-state index is 10.8. The van der Waals surface area contributed by atoms with E-state index in [9.17, 15) is 20.4 Å². The molecule has 0 unspecified atom stereocenters. The number of hydrogen-bond donors (Lipinski definition) is 4. The fourth-order valence-electron chi connectivity index (χ4n) is 4.03. The van der Waals surface area contributed by atoms with E-state index in [2.05, 4.69) is 10.0 Å². The Bertz CT molecular complexity index is 720. The summed E-state index contributed by atoms with van der Waals surface area (Å²) in [5, 5.41) is 45.0. The van der Waals surface area contributed by atoms with Gasteiger partial charge in [0.25, 0.3) is 0 Å². The van der Waals surface area contributed by atoms with E-state index in [0.29, 0.717) is 18.7 Å². The van der Waals surface area contributed by atoms with Crippen LogP contribution in [0.4, 0.5) is 0 Å². The molecular formula is C17H23N3O6. The molecule has 9 nitrogen and oxygen atoms in total. The number of ether oxygens (including phenoxy) is 2. The Hall–Kier alpha value is -1.87. The van der Waals surface area contributed by atoms with Gasteiger partial charge in [0.05, 0.1) is 6.61 Å². The molecule has 0 radical (unpaired) electrons. The lowest BCUT2D eigenvalue weighted by atomic mass is 9.99. The van der Waals surface area contributed by atoms with Crippen LogP contribution in [0.1, 0.15) is 19.4 Å². The van der Waals surface area contributed by atoms with E-state index < -0.39 is 41.7 Å². The fourth-order valence-corrected chi connectivity index (χ4v) is 4.03. The van der Waals surface area contributed by atoms with Gasteiger partial charge in [-0.2, -0.15) is 0 Å². The number of azide groups is 1. The summed E-state index contributed by atoms with van der Waals surface area (Å²) in [5.74, 6) is 0.394. The molecule has 0 spiro atoms. The normalized spacial score (nSPS) is 37.4. The third kappa shape index (κ3) is 2.40. The molecule has 0 amide bonds. The molecule has 26 heavy (non-hydrogen) atoms. The van der Waals surface area contributed by atoms with Crippen molar-refractivity contribution in [3.05, 3.63) is 40.3 Å². The van der Waals surface area contributed by atoms with Crippen LogP contribution >= 0.6 is 0 Å². The minimum absolute atomic E-state index is 0.347. The molecule has 5 atom stereocenters. The van der Waals surface area contributed by atoms with Gasteiger partial charge in [-0.1, -0.05) is 31.1 Å². The Balaban J connectivity index is 1.73. The van der Waals surface area contributed by atoms with Crippen LogP contribution in [-0.2, 0) is 11.2 Å². The Morgan fingerprint density at radius 1 is 1.23 bits per heavy atom. The number of rotatable bonds is 6. The van der Waals surface area contributed by atoms with E-state index >= 15 is 0 Å². The van der Waals surface area contributed by atoms with Crippen molar-refractivity contribution in [2.45, 2.75) is 50.0 Å². The zero-order valence-electron chi connectivity index (χ0n) is 14.6. The van der Waals surface area contributed by atoms with Crippen molar-refractivity contribution in [2.75, 3.05) is 13.2 Å². The van der Waals surface area contributed by atoms with Crippen molar-refractivity contribution in [2.24, 2.45) is 10.5 Å². The van der Waals surface area contributed by atoms with Crippen molar-refractivity contribution < 1.29 is 29.9 Å². The molecule has 1 saturated heterocycles. The molecule has 2 aliphatic rings. The second kappa shape index (κ2) is 6.38. The minimum atomic E-state index is -1.84. The molecule has 1 aliphatic carbocycles. The largest absolute Gasteiger partial charge is 0.462 e. The minimum Gasteiger partial charge on any atom is -0.462 e. The molecule has 3 rings (SSSR count). The summed E-state index contributed by atoms with van der Waals surface area (Å²) in [5.41, 5.74) is 4.57. The van der Waals surface area contributed by atoms with E-state index in [4.69, 9.17) is 15.0 Å². The van der Waals surface area contributed by atoms with Gasteiger partial charge in [0, 0.05) is 16.9 Å². The van der Waals surface area contributed by atoms with Gasteiger partial charge in [0.15, 0.2) is 0 Å². The van der Waals surface area contributed by atoms with Gasteiger partial charge in [-0.25, -0.2) is 0 Å². The van der Waals surface area contributed by atoms with E-state index in [1.54, 1.807) is 38.1 Å². The second-order valence-electron chi connectivity index (χ2n) is 7.24. The van der Waals surface area contributed by atoms with Crippen LogP contribution in [0.15, 0.2) is 29.4 Å². The molecular weight excluding hydrogens is 342 g/mol. The maximum atomic E-state index is 10.8. The molecule has 2 fully saturated rings. The lowest BCUT2D eigenvalue weighted by Crippen LogP contribution is -2.60. The first-order chi connectivity index (χ1) is 12.2. The first-order valence-corrected chi connectivity index (χ1v) is 8.39. The summed E-state index contributed by atoms with van der Waals surface area (Å²) in [6, 6.07) is 6.90. The quantitative estimate of drug-likeness (QED) is 0.328. The zero-order valence-corrected chi connectivity index (χ0v) is 14.6. The maximum Gasteiger partial charge on any atom is 0.229 e. The van der Waals surface area contributed by atoms with Crippen molar-refractivity contribution in [1.82, 2.24) is 0 Å². The van der Waals surface area contributed by atoms with Gasteiger partial charge in [-0.15, -0.1) is 0 Å². The Morgan fingerprint density at radius 2 is 1.88 bits per heavy atom. The van der Waals surface area contributed by atoms with E-state index in [1.165, 1.54) is 0 Å². The van der Waals surface area contributed by atoms with Crippen molar-refractivity contribution in [3.8, 4) is 5.75 Å². The molecule has 142 valence electrons. The van der Waals surface area contributed by atoms with Gasteiger partial charge >= 0.3 is 0 Å². The molecule has 9 heteroatoms. The summed E-state index contributed by atoms with van der Waals surface area (Å²) >= 11 is 0. The highest BCUT2D eigenvalue weighted by molar-refractivity contribution is 5.39. The van der Waals surface area contributed by atoms with Crippen LogP contribution in [0.3, 0.4) is 0 Å². The van der Waals surface area contributed by atoms with Gasteiger partial charge < -0.3 is 29.9 Å². The lowest BCUT2D eigenvalue weighted by molar-refractivity contribution is -0.277. The van der Waals surface area contributed by atoms with Crippen LogP contribution in [0, 0.1) is 5.41 Å². The van der Waals surface area contributed by atoms with Crippen LogP contribution in [0.2, 0.25) is 0 Å². The summed E-state index contributed by atoms with van der Waals surface area (Å²) in [6.07, 6.45) is -3.23. The van der Waals surface area contributed by atoms with E-state index in [1.807, 2.05) is 0 Å². The second-order valence-corrected chi connectivity index (χ2v) is 7.24. The van der Waals surface area contributed by atoms with E-state index in [-0.39, 0.29) is 0 Å². The molecule has 1 saturated carbocycles. The summed E-state index contributed by atoms with van der Waals surface area (Å²) in [7, 11) is 0. The SMILES string of the molecule is CC1(C)[C@]2(O)[C@@H](CO)O[C@@H](Oc3ccc(CCN=[N+]=[N-])cc3)[C@H](O)[C@]12O. The topological polar surface area (TPSA) is 148 Å². The van der Waals surface area contributed by atoms with Crippen LogP contribution in [-0.4, -0.2) is 63.3 Å². The predicted molar refractivity (Wildman–Crippen MR) is 90.2 cm³/mol. The third-order valence-electron chi connectivity index (χ3n) is 5.78. The predicted octanol–water partition coefficient (Wildman–Crippen LogP) is 0.498. The summed E-state index contributed by atoms with van der Waals surface area (Å²) in [4.78, 5) is 2.70. The molecule has 0 aromatic heterocycles. The molecule has 1 aromatic rings. The molecule has 1 heterocycles. The number of aliphatic hydroxyl groups is 4. The average Bonchev–Trinajstić information content (AvgIpc) is 3.00. The molecule has 0 bridgehead atoms. The highest BCUT2D eigenvalue weighted by atomic mass is 16.7. The fraction of sp³-hybridized carbons (Fsp3) is 0.647. The number of aliphatic hydroxyl groups excluding tert-OH is 2. The smallest absolute Gasteiger partial charge is 0.229 e. The van der Waals surface area contributed by atoms with E-state index in [0.717, 1.165) is 5.56 Å². The number of fused-ring (bicyclic) bond motifs is 1. The standard InChI is InChI=1S/C17H23N3O6/c1-15(2)16(23)12(9-21)26-14(13(22)17(15,16)24)25-11-5-3-10(4-6-11)7-8-19-20-18/h3-6,12-14,21-24H,7-9H2,1-2H3/t12-,13+,14-,16-,17+/m1/s1. The first-order valence-electron chi connectivity index (χ1n) is 8.39. The van der Waals surface area contributed by atoms with Gasteiger partial charge in [0.1, 0.15) is 29.2 Å².